The number of rotatable bonds is 8. The Labute approximate surface area is 130 Å². The number of hydrogen-bond acceptors (Lipinski definition) is 4. The van der Waals surface area contributed by atoms with Crippen LogP contribution in [0.25, 0.3) is 0 Å². The molecule has 1 aromatic carbocycles. The number of nitrogens with zero attached hydrogens (tertiary/aromatic N) is 1. The van der Waals surface area contributed by atoms with Crippen molar-refractivity contribution in [1.82, 2.24) is 4.90 Å². The summed E-state index contributed by atoms with van der Waals surface area (Å²) >= 11 is 1.75. The molecule has 0 N–H and O–H groups in total. The van der Waals surface area contributed by atoms with Crippen molar-refractivity contribution < 1.29 is 14.3 Å². The van der Waals surface area contributed by atoms with Gasteiger partial charge in [0.15, 0.2) is 0 Å². The quantitative estimate of drug-likeness (QED) is 0.693. The molecule has 0 aromatic heterocycles. The van der Waals surface area contributed by atoms with Gasteiger partial charge < -0.3 is 9.64 Å². The van der Waals surface area contributed by atoms with E-state index in [-0.39, 0.29) is 18.3 Å². The van der Waals surface area contributed by atoms with Gasteiger partial charge in [-0.1, -0.05) is 12.1 Å². The van der Waals surface area contributed by atoms with Crippen LogP contribution in [0.15, 0.2) is 24.3 Å². The van der Waals surface area contributed by atoms with E-state index < -0.39 is 0 Å². The number of benzene rings is 1. The van der Waals surface area contributed by atoms with Gasteiger partial charge in [-0.2, -0.15) is 11.8 Å². The number of carbonyl (C=O) groups is 2. The minimum Gasteiger partial charge on any atom is -0.466 e. The van der Waals surface area contributed by atoms with Crippen LogP contribution in [-0.2, 0) is 15.3 Å². The maximum Gasteiger partial charge on any atom is 0.307 e. The molecule has 21 heavy (non-hydrogen) atoms. The standard InChI is InChI=1S/C16H23NO3S/c1-4-17(11-10-15(18)20-5-2)16(19)14-8-6-13(7-9-14)12-21-3/h6-9H,4-5,10-12H2,1-3H3. The molecule has 0 fully saturated rings. The van der Waals surface area contributed by atoms with E-state index in [9.17, 15) is 9.59 Å². The Morgan fingerprint density at radius 3 is 2.38 bits per heavy atom. The zero-order valence-corrected chi connectivity index (χ0v) is 13.7. The van der Waals surface area contributed by atoms with Crippen molar-refractivity contribution in [1.29, 1.82) is 0 Å². The normalized spacial score (nSPS) is 10.2. The number of esters is 1. The lowest BCUT2D eigenvalue weighted by molar-refractivity contribution is -0.143. The lowest BCUT2D eigenvalue weighted by Crippen LogP contribution is -2.33. The summed E-state index contributed by atoms with van der Waals surface area (Å²) in [6.07, 6.45) is 2.28. The zero-order valence-electron chi connectivity index (χ0n) is 12.9. The molecule has 4 nitrogen and oxygen atoms in total. The van der Waals surface area contributed by atoms with Crippen molar-refractivity contribution >= 4 is 23.6 Å². The highest BCUT2D eigenvalue weighted by atomic mass is 32.2. The Morgan fingerprint density at radius 2 is 1.86 bits per heavy atom. The maximum absolute atomic E-state index is 12.4. The minimum absolute atomic E-state index is 0.0440. The molecule has 0 aliphatic rings. The molecular weight excluding hydrogens is 286 g/mol. The number of hydrogen-bond donors (Lipinski definition) is 0. The SMILES string of the molecule is CCOC(=O)CCN(CC)C(=O)c1ccc(CSC)cc1. The fourth-order valence-corrected chi connectivity index (χ4v) is 2.48. The predicted octanol–water partition coefficient (Wildman–Crippen LogP) is 2.96. The minimum atomic E-state index is -0.265. The first kappa shape index (κ1) is 17.6. The van der Waals surface area contributed by atoms with E-state index in [0.29, 0.717) is 25.3 Å². The first-order chi connectivity index (χ1) is 10.1. The Morgan fingerprint density at radius 1 is 1.19 bits per heavy atom. The van der Waals surface area contributed by atoms with E-state index in [1.807, 2.05) is 37.4 Å². The van der Waals surface area contributed by atoms with Crippen LogP contribution < -0.4 is 0 Å². The first-order valence-electron chi connectivity index (χ1n) is 7.15. The van der Waals surface area contributed by atoms with Crippen LogP contribution in [0, 0.1) is 0 Å². The molecule has 0 saturated heterocycles. The Kier molecular flexibility index (Phi) is 7.90. The molecule has 0 radical (unpaired) electrons. The van der Waals surface area contributed by atoms with Crippen LogP contribution in [0.4, 0.5) is 0 Å². The van der Waals surface area contributed by atoms with Crippen LogP contribution in [0.1, 0.15) is 36.2 Å². The van der Waals surface area contributed by atoms with E-state index in [0.717, 1.165) is 5.75 Å². The second-order valence-corrected chi connectivity index (χ2v) is 5.44. The number of ether oxygens (including phenoxy) is 1. The van der Waals surface area contributed by atoms with Gasteiger partial charge in [0.1, 0.15) is 0 Å². The van der Waals surface area contributed by atoms with E-state index in [2.05, 4.69) is 0 Å². The van der Waals surface area contributed by atoms with Crippen molar-refractivity contribution in [3.8, 4) is 0 Å². The van der Waals surface area contributed by atoms with Gasteiger partial charge in [0.25, 0.3) is 5.91 Å². The summed E-state index contributed by atoms with van der Waals surface area (Å²) in [5, 5.41) is 0. The average Bonchev–Trinajstić information content (AvgIpc) is 2.49. The maximum atomic E-state index is 12.4. The molecule has 0 unspecified atom stereocenters. The highest BCUT2D eigenvalue weighted by molar-refractivity contribution is 7.97. The van der Waals surface area contributed by atoms with Gasteiger partial charge in [0.05, 0.1) is 13.0 Å². The summed E-state index contributed by atoms with van der Waals surface area (Å²) in [7, 11) is 0. The molecule has 0 bridgehead atoms. The van der Waals surface area contributed by atoms with E-state index in [1.165, 1.54) is 5.56 Å². The Balaban J connectivity index is 2.63. The largest absolute Gasteiger partial charge is 0.466 e. The average molecular weight is 309 g/mol. The van der Waals surface area contributed by atoms with Crippen molar-refractivity contribution in [2.24, 2.45) is 0 Å². The fraction of sp³-hybridized carbons (Fsp3) is 0.500. The molecule has 5 heteroatoms. The van der Waals surface area contributed by atoms with Crippen molar-refractivity contribution in [2.45, 2.75) is 26.0 Å². The van der Waals surface area contributed by atoms with Crippen LogP contribution in [0.2, 0.25) is 0 Å². The summed E-state index contributed by atoms with van der Waals surface area (Å²) < 4.78 is 4.89. The molecule has 1 rings (SSSR count). The third-order valence-corrected chi connectivity index (χ3v) is 3.69. The Bertz CT molecular complexity index is 459. The molecule has 0 saturated carbocycles. The molecular formula is C16H23NO3S. The topological polar surface area (TPSA) is 46.6 Å². The van der Waals surface area contributed by atoms with E-state index >= 15 is 0 Å². The Hall–Kier alpha value is -1.49. The molecule has 0 aliphatic heterocycles. The molecule has 1 amide bonds. The molecule has 0 atom stereocenters. The van der Waals surface area contributed by atoms with Gasteiger partial charge in [-0.3, -0.25) is 9.59 Å². The predicted molar refractivity (Wildman–Crippen MR) is 86.5 cm³/mol. The number of carbonyl (C=O) groups excluding carboxylic acids is 2. The third kappa shape index (κ3) is 5.79. The van der Waals surface area contributed by atoms with Crippen molar-refractivity contribution in [2.75, 3.05) is 26.0 Å². The van der Waals surface area contributed by atoms with Gasteiger partial charge in [0, 0.05) is 24.4 Å². The summed E-state index contributed by atoms with van der Waals surface area (Å²) in [6.45, 7) is 5.02. The van der Waals surface area contributed by atoms with Gasteiger partial charge in [-0.05, 0) is 37.8 Å². The smallest absolute Gasteiger partial charge is 0.307 e. The molecule has 0 heterocycles. The second kappa shape index (κ2) is 9.45. The zero-order chi connectivity index (χ0) is 15.7. The van der Waals surface area contributed by atoms with Gasteiger partial charge in [-0.15, -0.1) is 0 Å². The van der Waals surface area contributed by atoms with Crippen LogP contribution in [-0.4, -0.2) is 42.7 Å². The lowest BCUT2D eigenvalue weighted by Gasteiger charge is -2.20. The van der Waals surface area contributed by atoms with E-state index in [4.69, 9.17) is 4.74 Å². The summed E-state index contributed by atoms with van der Waals surface area (Å²) in [5.74, 6) is 0.631. The van der Waals surface area contributed by atoms with E-state index in [1.54, 1.807) is 23.6 Å². The van der Waals surface area contributed by atoms with Crippen molar-refractivity contribution in [3.05, 3.63) is 35.4 Å². The number of thioether (sulfide) groups is 1. The van der Waals surface area contributed by atoms with Crippen molar-refractivity contribution in [3.63, 3.8) is 0 Å². The summed E-state index contributed by atoms with van der Waals surface area (Å²) in [5.41, 5.74) is 1.86. The van der Waals surface area contributed by atoms with Crippen LogP contribution in [0.3, 0.4) is 0 Å². The highest BCUT2D eigenvalue weighted by Gasteiger charge is 2.15. The van der Waals surface area contributed by atoms with Crippen LogP contribution >= 0.6 is 11.8 Å². The number of amides is 1. The molecule has 1 aromatic rings. The van der Waals surface area contributed by atoms with Crippen LogP contribution in [0.5, 0.6) is 0 Å². The molecule has 0 spiro atoms. The molecule has 116 valence electrons. The van der Waals surface area contributed by atoms with Gasteiger partial charge >= 0.3 is 5.97 Å². The highest BCUT2D eigenvalue weighted by Crippen LogP contribution is 2.12. The lowest BCUT2D eigenvalue weighted by atomic mass is 10.1. The fourth-order valence-electron chi connectivity index (χ4n) is 1.96. The van der Waals surface area contributed by atoms with Gasteiger partial charge in [-0.25, -0.2) is 0 Å². The summed E-state index contributed by atoms with van der Waals surface area (Å²) in [4.78, 5) is 25.4. The first-order valence-corrected chi connectivity index (χ1v) is 8.54. The second-order valence-electron chi connectivity index (χ2n) is 4.57. The monoisotopic (exact) mass is 309 g/mol. The summed E-state index contributed by atoms with van der Waals surface area (Å²) in [6, 6.07) is 7.65. The third-order valence-electron chi connectivity index (χ3n) is 3.07. The molecule has 0 aliphatic carbocycles. The van der Waals surface area contributed by atoms with Gasteiger partial charge in [0.2, 0.25) is 0 Å².